The first-order valence-electron chi connectivity index (χ1n) is 13.4. The van der Waals surface area contributed by atoms with Crippen LogP contribution in [-0.4, -0.2) is 56.3 Å². The molecule has 5 rings (SSSR count). The van der Waals surface area contributed by atoms with E-state index in [2.05, 4.69) is 43.7 Å². The highest BCUT2D eigenvalue weighted by Gasteiger charge is 2.22. The molecular weight excluding hydrogens is 524 g/mol. The molecule has 2 aromatic carbocycles. The van der Waals surface area contributed by atoms with Gasteiger partial charge in [0.2, 0.25) is 5.91 Å². The molecule has 0 radical (unpaired) electrons. The van der Waals surface area contributed by atoms with Crippen LogP contribution in [-0.2, 0) is 11.3 Å². The number of rotatable bonds is 8. The minimum atomic E-state index is -0.277. The van der Waals surface area contributed by atoms with Crippen molar-refractivity contribution in [2.45, 2.75) is 39.3 Å². The Hall–Kier alpha value is -4.01. The molecular formula is C31H33ClN6O2. The Labute approximate surface area is 239 Å². The van der Waals surface area contributed by atoms with Gasteiger partial charge in [0.1, 0.15) is 11.6 Å². The highest BCUT2D eigenvalue weighted by Crippen LogP contribution is 2.24. The van der Waals surface area contributed by atoms with Crippen LogP contribution in [0.1, 0.15) is 40.2 Å². The fraction of sp³-hybridized carbons (Fsp3) is 0.290. The Morgan fingerprint density at radius 1 is 1.02 bits per heavy atom. The molecule has 1 aliphatic heterocycles. The lowest BCUT2D eigenvalue weighted by molar-refractivity contribution is -0.119. The zero-order valence-electron chi connectivity index (χ0n) is 22.7. The van der Waals surface area contributed by atoms with Gasteiger partial charge in [0.05, 0.1) is 12.0 Å². The Morgan fingerprint density at radius 2 is 1.85 bits per heavy atom. The van der Waals surface area contributed by atoms with Crippen molar-refractivity contribution in [3.8, 4) is 16.8 Å². The van der Waals surface area contributed by atoms with Crippen molar-refractivity contribution in [3.05, 3.63) is 95.8 Å². The van der Waals surface area contributed by atoms with Gasteiger partial charge in [-0.15, -0.1) is 11.6 Å². The number of carbonyl (C=O) groups is 2. The van der Waals surface area contributed by atoms with Gasteiger partial charge in [-0.3, -0.25) is 19.5 Å². The van der Waals surface area contributed by atoms with Crippen molar-refractivity contribution in [1.29, 1.82) is 0 Å². The lowest BCUT2D eigenvalue weighted by Gasteiger charge is -2.33. The Bertz CT molecular complexity index is 1500. The van der Waals surface area contributed by atoms with Crippen LogP contribution in [0.3, 0.4) is 0 Å². The van der Waals surface area contributed by atoms with Gasteiger partial charge >= 0.3 is 0 Å². The molecule has 3 heterocycles. The molecule has 2 amide bonds. The first-order chi connectivity index (χ1) is 19.4. The number of alkyl halides is 1. The van der Waals surface area contributed by atoms with Crippen LogP contribution >= 0.6 is 11.6 Å². The SMILES string of the molecule is Cc1ccc(-c2ccnc(C(=O)Nc3cc(CN4CCC[C@H](NC(=O)CCl)C4)cc(-n4cnc(C)c4)c3)c2)cc1. The number of pyridine rings is 1. The quantitative estimate of drug-likeness (QED) is 0.294. The van der Waals surface area contributed by atoms with Gasteiger partial charge in [-0.25, -0.2) is 4.98 Å². The van der Waals surface area contributed by atoms with E-state index in [4.69, 9.17) is 11.6 Å². The number of hydrogen-bond acceptors (Lipinski definition) is 5. The molecule has 4 aromatic rings. The van der Waals surface area contributed by atoms with Crippen LogP contribution in [0, 0.1) is 13.8 Å². The lowest BCUT2D eigenvalue weighted by Crippen LogP contribution is -2.47. The van der Waals surface area contributed by atoms with Crippen LogP contribution in [0.5, 0.6) is 0 Å². The van der Waals surface area contributed by atoms with Gasteiger partial charge in [-0.1, -0.05) is 29.8 Å². The number of likely N-dealkylation sites (tertiary alicyclic amines) is 1. The summed E-state index contributed by atoms with van der Waals surface area (Å²) in [7, 11) is 0. The van der Waals surface area contributed by atoms with E-state index in [0.717, 1.165) is 54.0 Å². The van der Waals surface area contributed by atoms with Crippen molar-refractivity contribution in [2.24, 2.45) is 0 Å². The number of hydrogen-bond donors (Lipinski definition) is 2. The van der Waals surface area contributed by atoms with E-state index < -0.39 is 0 Å². The number of aryl methyl sites for hydroxylation is 2. The maximum Gasteiger partial charge on any atom is 0.274 e. The van der Waals surface area contributed by atoms with E-state index in [9.17, 15) is 9.59 Å². The summed E-state index contributed by atoms with van der Waals surface area (Å²) in [6.45, 7) is 6.34. The van der Waals surface area contributed by atoms with Crippen LogP contribution in [0.25, 0.3) is 16.8 Å². The van der Waals surface area contributed by atoms with E-state index >= 15 is 0 Å². The van der Waals surface area contributed by atoms with Crippen LogP contribution in [0.4, 0.5) is 5.69 Å². The molecule has 1 atom stereocenters. The van der Waals surface area contributed by atoms with Crippen molar-refractivity contribution in [1.82, 2.24) is 24.8 Å². The largest absolute Gasteiger partial charge is 0.351 e. The van der Waals surface area contributed by atoms with Gasteiger partial charge < -0.3 is 15.2 Å². The molecule has 0 saturated carbocycles. The third-order valence-electron chi connectivity index (χ3n) is 7.02. The van der Waals surface area contributed by atoms with Gasteiger partial charge in [-0.05, 0) is 80.3 Å². The van der Waals surface area contributed by atoms with Gasteiger partial charge in [-0.2, -0.15) is 0 Å². The summed E-state index contributed by atoms with van der Waals surface area (Å²) in [5.41, 5.74) is 7.02. The summed E-state index contributed by atoms with van der Waals surface area (Å²) in [4.78, 5) is 36.2. The first-order valence-corrected chi connectivity index (χ1v) is 14.0. The fourth-order valence-corrected chi connectivity index (χ4v) is 5.14. The Morgan fingerprint density at radius 3 is 2.60 bits per heavy atom. The Kier molecular flexibility index (Phi) is 8.57. The molecule has 0 unspecified atom stereocenters. The molecule has 206 valence electrons. The molecule has 1 aliphatic rings. The van der Waals surface area contributed by atoms with Crippen LogP contribution in [0.2, 0.25) is 0 Å². The van der Waals surface area contributed by atoms with E-state index in [1.165, 1.54) is 5.56 Å². The summed E-state index contributed by atoms with van der Waals surface area (Å²) in [6.07, 6.45) is 7.31. The second-order valence-electron chi connectivity index (χ2n) is 10.3. The maximum absolute atomic E-state index is 13.3. The first kappa shape index (κ1) is 27.6. The molecule has 8 nitrogen and oxygen atoms in total. The number of imidazole rings is 1. The second kappa shape index (κ2) is 12.4. The third-order valence-corrected chi connectivity index (χ3v) is 7.26. The predicted molar refractivity (Wildman–Crippen MR) is 158 cm³/mol. The van der Waals surface area contributed by atoms with E-state index in [1.807, 2.05) is 61.0 Å². The number of aromatic nitrogens is 3. The van der Waals surface area contributed by atoms with E-state index in [1.54, 1.807) is 12.5 Å². The van der Waals surface area contributed by atoms with Crippen LogP contribution < -0.4 is 10.6 Å². The number of nitrogens with zero attached hydrogens (tertiary/aromatic N) is 4. The monoisotopic (exact) mass is 556 g/mol. The van der Waals surface area contributed by atoms with Crippen molar-refractivity contribution >= 4 is 29.1 Å². The summed E-state index contributed by atoms with van der Waals surface area (Å²) >= 11 is 5.69. The number of nitrogens with one attached hydrogen (secondary N) is 2. The number of carbonyl (C=O) groups excluding carboxylic acids is 2. The number of anilines is 1. The molecule has 0 bridgehead atoms. The number of amides is 2. The highest BCUT2D eigenvalue weighted by atomic mass is 35.5. The second-order valence-corrected chi connectivity index (χ2v) is 10.6. The molecule has 9 heteroatoms. The van der Waals surface area contributed by atoms with Crippen molar-refractivity contribution in [2.75, 3.05) is 24.3 Å². The minimum Gasteiger partial charge on any atom is -0.351 e. The third kappa shape index (κ3) is 6.94. The number of benzene rings is 2. The highest BCUT2D eigenvalue weighted by molar-refractivity contribution is 6.27. The molecule has 40 heavy (non-hydrogen) atoms. The summed E-state index contributed by atoms with van der Waals surface area (Å²) in [5.74, 6) is -0.453. The summed E-state index contributed by atoms with van der Waals surface area (Å²) < 4.78 is 1.95. The summed E-state index contributed by atoms with van der Waals surface area (Å²) in [5, 5.41) is 6.07. The van der Waals surface area contributed by atoms with E-state index in [0.29, 0.717) is 17.9 Å². The van der Waals surface area contributed by atoms with Gasteiger partial charge in [0.15, 0.2) is 0 Å². The smallest absolute Gasteiger partial charge is 0.274 e. The van der Waals surface area contributed by atoms with E-state index in [-0.39, 0.29) is 23.7 Å². The molecule has 0 spiro atoms. The van der Waals surface area contributed by atoms with Crippen molar-refractivity contribution in [3.63, 3.8) is 0 Å². The molecule has 1 fully saturated rings. The molecule has 2 aromatic heterocycles. The number of halogens is 1. The molecule has 0 aliphatic carbocycles. The average molecular weight is 557 g/mol. The fourth-order valence-electron chi connectivity index (χ4n) is 5.07. The topological polar surface area (TPSA) is 92.2 Å². The normalized spacial score (nSPS) is 15.5. The summed E-state index contributed by atoms with van der Waals surface area (Å²) in [6, 6.07) is 18.0. The average Bonchev–Trinajstić information content (AvgIpc) is 3.40. The van der Waals surface area contributed by atoms with Crippen LogP contribution in [0.15, 0.2) is 73.3 Å². The predicted octanol–water partition coefficient (Wildman–Crippen LogP) is 5.12. The minimum absolute atomic E-state index is 0.0330. The van der Waals surface area contributed by atoms with Gasteiger partial charge in [0, 0.05) is 42.9 Å². The van der Waals surface area contributed by atoms with Gasteiger partial charge in [0.25, 0.3) is 5.91 Å². The number of piperidine rings is 1. The molecule has 2 N–H and O–H groups in total. The zero-order valence-corrected chi connectivity index (χ0v) is 23.5. The standard InChI is InChI=1S/C31H33ClN6O2/c1-21-5-7-24(8-6-21)25-9-10-33-29(14-25)31(40)36-27-12-23(13-28(15-27)38-17-22(2)34-20-38)18-37-11-3-4-26(19-37)35-30(39)16-32/h5-10,12-15,17,20,26H,3-4,11,16,18-19H2,1-2H3,(H,35,39)(H,36,40)/t26-/m0/s1. The van der Waals surface area contributed by atoms with Crippen molar-refractivity contribution < 1.29 is 9.59 Å². The lowest BCUT2D eigenvalue weighted by atomic mass is 10.0. The molecule has 1 saturated heterocycles. The maximum atomic E-state index is 13.3. The Balaban J connectivity index is 1.37. The zero-order chi connectivity index (χ0) is 28.1.